The van der Waals surface area contributed by atoms with Gasteiger partial charge in [-0.3, -0.25) is 4.79 Å². The minimum Gasteiger partial charge on any atom is -0.378 e. The molecule has 9 heteroatoms. The lowest BCUT2D eigenvalue weighted by atomic mass is 10.3. The van der Waals surface area contributed by atoms with Gasteiger partial charge in [-0.2, -0.15) is 5.10 Å². The van der Waals surface area contributed by atoms with Gasteiger partial charge in [0.1, 0.15) is 12.0 Å². The summed E-state index contributed by atoms with van der Waals surface area (Å²) in [4.78, 5) is 23.9. The van der Waals surface area contributed by atoms with Gasteiger partial charge in [0.15, 0.2) is 5.82 Å². The SMILES string of the molecule is O=C(Cc1cccs1)Nc1cnn(-c2ncncc2N2CCOCC2)c1. The fourth-order valence-corrected chi connectivity index (χ4v) is 3.50. The van der Waals surface area contributed by atoms with Gasteiger partial charge in [0.2, 0.25) is 5.91 Å². The predicted octanol–water partition coefficient (Wildman–Crippen LogP) is 1.74. The zero-order valence-corrected chi connectivity index (χ0v) is 14.9. The number of hydrogen-bond donors (Lipinski definition) is 1. The van der Waals surface area contributed by atoms with Crippen LogP contribution in [-0.2, 0) is 16.0 Å². The van der Waals surface area contributed by atoms with Gasteiger partial charge < -0.3 is 15.0 Å². The van der Waals surface area contributed by atoms with Gasteiger partial charge in [0.25, 0.3) is 0 Å². The molecule has 1 N–H and O–H groups in total. The fourth-order valence-electron chi connectivity index (χ4n) is 2.80. The van der Waals surface area contributed by atoms with Gasteiger partial charge in [-0.05, 0) is 11.4 Å². The summed E-state index contributed by atoms with van der Waals surface area (Å²) < 4.78 is 7.07. The monoisotopic (exact) mass is 370 g/mol. The molecular weight excluding hydrogens is 352 g/mol. The van der Waals surface area contributed by atoms with Crippen LogP contribution < -0.4 is 10.2 Å². The van der Waals surface area contributed by atoms with E-state index in [9.17, 15) is 4.79 Å². The maximum absolute atomic E-state index is 12.2. The van der Waals surface area contributed by atoms with E-state index in [1.165, 1.54) is 6.33 Å². The minimum absolute atomic E-state index is 0.0666. The summed E-state index contributed by atoms with van der Waals surface area (Å²) in [6, 6.07) is 3.89. The van der Waals surface area contributed by atoms with Crippen molar-refractivity contribution in [2.24, 2.45) is 0 Å². The second-order valence-corrected chi connectivity index (χ2v) is 6.84. The van der Waals surface area contributed by atoms with Crippen LogP contribution in [0.1, 0.15) is 4.88 Å². The molecule has 0 aromatic carbocycles. The molecule has 8 nitrogen and oxygen atoms in total. The summed E-state index contributed by atoms with van der Waals surface area (Å²) in [6.07, 6.45) is 7.02. The van der Waals surface area contributed by atoms with Gasteiger partial charge in [0, 0.05) is 18.0 Å². The molecule has 1 fully saturated rings. The molecule has 1 aliphatic rings. The topological polar surface area (TPSA) is 85.2 Å². The van der Waals surface area contributed by atoms with Gasteiger partial charge in [-0.15, -0.1) is 11.3 Å². The molecule has 0 bridgehead atoms. The van der Waals surface area contributed by atoms with E-state index in [1.807, 2.05) is 17.5 Å². The maximum atomic E-state index is 12.2. The molecule has 26 heavy (non-hydrogen) atoms. The molecule has 4 rings (SSSR count). The highest BCUT2D eigenvalue weighted by Gasteiger charge is 2.18. The van der Waals surface area contributed by atoms with Gasteiger partial charge in [-0.1, -0.05) is 6.07 Å². The summed E-state index contributed by atoms with van der Waals surface area (Å²) in [7, 11) is 0. The normalized spacial score (nSPS) is 14.4. The number of thiophene rings is 1. The highest BCUT2D eigenvalue weighted by Crippen LogP contribution is 2.22. The van der Waals surface area contributed by atoms with Crippen molar-refractivity contribution >= 4 is 28.6 Å². The highest BCUT2D eigenvalue weighted by atomic mass is 32.1. The summed E-state index contributed by atoms with van der Waals surface area (Å²) in [5.41, 5.74) is 1.54. The summed E-state index contributed by atoms with van der Waals surface area (Å²) in [5, 5.41) is 9.19. The summed E-state index contributed by atoms with van der Waals surface area (Å²) in [5.74, 6) is 0.615. The van der Waals surface area contributed by atoms with Crippen molar-refractivity contribution in [2.75, 3.05) is 36.5 Å². The van der Waals surface area contributed by atoms with Crippen molar-refractivity contribution in [1.29, 1.82) is 0 Å². The van der Waals surface area contributed by atoms with E-state index in [1.54, 1.807) is 34.6 Å². The number of anilines is 2. The number of aromatic nitrogens is 4. The smallest absolute Gasteiger partial charge is 0.229 e. The zero-order chi connectivity index (χ0) is 17.8. The van der Waals surface area contributed by atoms with E-state index in [2.05, 4.69) is 25.3 Å². The van der Waals surface area contributed by atoms with Crippen LogP contribution in [0.3, 0.4) is 0 Å². The van der Waals surface area contributed by atoms with Crippen LogP contribution in [0.5, 0.6) is 0 Å². The second kappa shape index (κ2) is 7.63. The minimum atomic E-state index is -0.0666. The Balaban J connectivity index is 1.50. The number of carbonyl (C=O) groups is 1. The molecule has 3 aromatic heterocycles. The Bertz CT molecular complexity index is 873. The van der Waals surface area contributed by atoms with E-state index in [0.29, 0.717) is 31.1 Å². The number of nitrogens with zero attached hydrogens (tertiary/aromatic N) is 5. The van der Waals surface area contributed by atoms with Gasteiger partial charge >= 0.3 is 0 Å². The molecule has 0 spiro atoms. The first-order valence-electron chi connectivity index (χ1n) is 8.29. The highest BCUT2D eigenvalue weighted by molar-refractivity contribution is 7.10. The number of amides is 1. The van der Waals surface area contributed by atoms with Crippen LogP contribution in [0.15, 0.2) is 42.4 Å². The van der Waals surface area contributed by atoms with Crippen LogP contribution in [0.25, 0.3) is 5.82 Å². The van der Waals surface area contributed by atoms with Crippen molar-refractivity contribution in [3.05, 3.63) is 47.3 Å². The number of carbonyl (C=O) groups excluding carboxylic acids is 1. The average molecular weight is 370 g/mol. The van der Waals surface area contributed by atoms with Crippen LogP contribution in [0.2, 0.25) is 0 Å². The Morgan fingerprint density at radius 2 is 2.19 bits per heavy atom. The zero-order valence-electron chi connectivity index (χ0n) is 14.0. The number of morpholine rings is 1. The van der Waals surface area contributed by atoms with Crippen molar-refractivity contribution in [3.63, 3.8) is 0 Å². The molecule has 0 unspecified atom stereocenters. The number of ether oxygens (including phenoxy) is 1. The van der Waals surface area contributed by atoms with E-state index >= 15 is 0 Å². The van der Waals surface area contributed by atoms with Crippen molar-refractivity contribution in [1.82, 2.24) is 19.7 Å². The molecule has 1 aliphatic heterocycles. The van der Waals surface area contributed by atoms with Crippen molar-refractivity contribution in [2.45, 2.75) is 6.42 Å². The van der Waals surface area contributed by atoms with Crippen LogP contribution in [-0.4, -0.2) is 52.0 Å². The van der Waals surface area contributed by atoms with Gasteiger partial charge in [0.05, 0.1) is 43.9 Å². The number of nitrogens with one attached hydrogen (secondary N) is 1. The third kappa shape index (κ3) is 3.73. The fraction of sp³-hybridized carbons (Fsp3) is 0.294. The van der Waals surface area contributed by atoms with E-state index in [-0.39, 0.29) is 5.91 Å². The first kappa shape index (κ1) is 16.7. The lowest BCUT2D eigenvalue weighted by molar-refractivity contribution is -0.115. The molecular formula is C17H18N6O2S. The average Bonchev–Trinajstić information content (AvgIpc) is 3.34. The van der Waals surface area contributed by atoms with Gasteiger partial charge in [-0.25, -0.2) is 14.6 Å². The Morgan fingerprint density at radius 1 is 1.31 bits per heavy atom. The molecule has 134 valence electrons. The molecule has 1 saturated heterocycles. The maximum Gasteiger partial charge on any atom is 0.229 e. The predicted molar refractivity (Wildman–Crippen MR) is 98.8 cm³/mol. The second-order valence-electron chi connectivity index (χ2n) is 5.81. The third-order valence-electron chi connectivity index (χ3n) is 4.02. The first-order chi connectivity index (χ1) is 12.8. The molecule has 4 heterocycles. The molecule has 0 aliphatic carbocycles. The Kier molecular flexibility index (Phi) is 4.89. The third-order valence-corrected chi connectivity index (χ3v) is 4.90. The summed E-state index contributed by atoms with van der Waals surface area (Å²) >= 11 is 1.57. The molecule has 3 aromatic rings. The van der Waals surface area contributed by atoms with E-state index in [4.69, 9.17) is 4.74 Å². The first-order valence-corrected chi connectivity index (χ1v) is 9.17. The van der Waals surface area contributed by atoms with Crippen LogP contribution >= 0.6 is 11.3 Å². The standard InChI is InChI=1S/C17H18N6O2S/c24-16(8-14-2-1-7-26-14)21-13-9-20-23(11-13)17-15(10-18-12-19-17)22-3-5-25-6-4-22/h1-2,7,9-12H,3-6,8H2,(H,21,24). The number of hydrogen-bond acceptors (Lipinski definition) is 7. The van der Waals surface area contributed by atoms with Crippen LogP contribution in [0, 0.1) is 0 Å². The summed E-state index contributed by atoms with van der Waals surface area (Å²) in [6.45, 7) is 2.92. The number of rotatable bonds is 5. The van der Waals surface area contributed by atoms with Crippen LogP contribution in [0.4, 0.5) is 11.4 Å². The van der Waals surface area contributed by atoms with Crippen molar-refractivity contribution < 1.29 is 9.53 Å². The van der Waals surface area contributed by atoms with E-state index < -0.39 is 0 Å². The van der Waals surface area contributed by atoms with Crippen molar-refractivity contribution in [3.8, 4) is 5.82 Å². The molecule has 0 saturated carbocycles. The Morgan fingerprint density at radius 3 is 3.00 bits per heavy atom. The Labute approximate surface area is 154 Å². The largest absolute Gasteiger partial charge is 0.378 e. The lowest BCUT2D eigenvalue weighted by Crippen LogP contribution is -2.37. The lowest BCUT2D eigenvalue weighted by Gasteiger charge is -2.29. The van der Waals surface area contributed by atoms with E-state index in [0.717, 1.165) is 23.7 Å². The molecule has 0 radical (unpaired) electrons. The quantitative estimate of drug-likeness (QED) is 0.736. The Hall–Kier alpha value is -2.78. The molecule has 0 atom stereocenters. The molecule has 1 amide bonds.